The highest BCUT2D eigenvalue weighted by Gasteiger charge is 2.09. The Balaban J connectivity index is 1.77. The second-order valence-electron chi connectivity index (χ2n) is 5.44. The molecule has 0 bridgehead atoms. The molecular weight excluding hydrogens is 263 g/mol. The van der Waals surface area contributed by atoms with E-state index in [0.717, 1.165) is 12.1 Å². The van der Waals surface area contributed by atoms with E-state index in [0.29, 0.717) is 0 Å². The monoisotopic (exact) mass is 282 g/mol. The number of aromatic nitrogens is 1. The number of fused-ring (bicyclic) bond motifs is 1. The highest BCUT2D eigenvalue weighted by molar-refractivity contribution is 5.83. The maximum Gasteiger partial charge on any atom is 0.123 e. The van der Waals surface area contributed by atoms with Crippen LogP contribution in [0.15, 0.2) is 54.7 Å². The molecule has 0 saturated carbocycles. The van der Waals surface area contributed by atoms with E-state index >= 15 is 0 Å². The first-order valence-corrected chi connectivity index (χ1v) is 7.17. The number of hydrogen-bond donors (Lipinski definition) is 1. The maximum atomic E-state index is 13.3. The third-order valence-electron chi connectivity index (χ3n) is 3.93. The van der Waals surface area contributed by atoms with Crippen LogP contribution in [0.5, 0.6) is 0 Å². The van der Waals surface area contributed by atoms with Gasteiger partial charge in [-0.25, -0.2) is 4.39 Å². The van der Waals surface area contributed by atoms with E-state index in [1.807, 2.05) is 6.07 Å². The van der Waals surface area contributed by atoms with Gasteiger partial charge in [0, 0.05) is 36.7 Å². The van der Waals surface area contributed by atoms with Crippen LogP contribution in [-0.2, 0) is 13.6 Å². The van der Waals surface area contributed by atoms with E-state index in [-0.39, 0.29) is 11.9 Å². The van der Waals surface area contributed by atoms with Crippen molar-refractivity contribution in [3.05, 3.63) is 71.7 Å². The van der Waals surface area contributed by atoms with Crippen LogP contribution in [0.1, 0.15) is 24.1 Å². The summed E-state index contributed by atoms with van der Waals surface area (Å²) in [6.07, 6.45) is 2.15. The zero-order valence-corrected chi connectivity index (χ0v) is 12.3. The molecule has 0 aliphatic heterocycles. The van der Waals surface area contributed by atoms with Crippen LogP contribution in [0.2, 0.25) is 0 Å². The molecule has 0 spiro atoms. The molecule has 3 heteroatoms. The molecule has 0 fully saturated rings. The molecule has 0 saturated heterocycles. The summed E-state index contributed by atoms with van der Waals surface area (Å²) in [6, 6.07) is 15.2. The summed E-state index contributed by atoms with van der Waals surface area (Å²) >= 11 is 0. The summed E-state index contributed by atoms with van der Waals surface area (Å²) in [5.41, 5.74) is 3.46. The highest BCUT2D eigenvalue weighted by atomic mass is 19.1. The van der Waals surface area contributed by atoms with Crippen molar-refractivity contribution in [2.75, 3.05) is 0 Å². The normalized spacial score (nSPS) is 12.7. The van der Waals surface area contributed by atoms with Crippen LogP contribution in [0.25, 0.3) is 10.9 Å². The lowest BCUT2D eigenvalue weighted by molar-refractivity contribution is 0.566. The molecule has 0 aliphatic carbocycles. The van der Waals surface area contributed by atoms with Crippen LogP contribution in [0, 0.1) is 5.82 Å². The van der Waals surface area contributed by atoms with Crippen LogP contribution < -0.4 is 5.32 Å². The number of rotatable bonds is 4. The number of hydrogen-bond acceptors (Lipinski definition) is 1. The summed E-state index contributed by atoms with van der Waals surface area (Å²) < 4.78 is 15.4. The van der Waals surface area contributed by atoms with Crippen molar-refractivity contribution in [2.45, 2.75) is 19.5 Å². The summed E-state index contributed by atoms with van der Waals surface area (Å²) in [5, 5.41) is 4.73. The minimum atomic E-state index is -0.189. The van der Waals surface area contributed by atoms with E-state index in [2.05, 4.69) is 54.3 Å². The minimum Gasteiger partial charge on any atom is -0.350 e. The third-order valence-corrected chi connectivity index (χ3v) is 3.93. The molecule has 108 valence electrons. The van der Waals surface area contributed by atoms with Crippen molar-refractivity contribution >= 4 is 10.9 Å². The Morgan fingerprint density at radius 1 is 1.14 bits per heavy atom. The Hall–Kier alpha value is -2.13. The average molecular weight is 282 g/mol. The maximum absolute atomic E-state index is 13.3. The first-order valence-electron chi connectivity index (χ1n) is 7.17. The van der Waals surface area contributed by atoms with Crippen molar-refractivity contribution in [3.8, 4) is 0 Å². The van der Waals surface area contributed by atoms with Crippen molar-refractivity contribution in [1.29, 1.82) is 0 Å². The Morgan fingerprint density at radius 2 is 1.95 bits per heavy atom. The minimum absolute atomic E-state index is 0.111. The molecule has 3 aromatic rings. The van der Waals surface area contributed by atoms with Gasteiger partial charge in [0.15, 0.2) is 0 Å². The van der Waals surface area contributed by atoms with Crippen LogP contribution >= 0.6 is 0 Å². The lowest BCUT2D eigenvalue weighted by Gasteiger charge is -2.14. The van der Waals surface area contributed by atoms with Crippen LogP contribution in [0.4, 0.5) is 4.39 Å². The number of nitrogens with zero attached hydrogens (tertiary/aromatic N) is 1. The molecule has 0 aliphatic rings. The fraction of sp³-hybridized carbons (Fsp3) is 0.222. The van der Waals surface area contributed by atoms with Gasteiger partial charge >= 0.3 is 0 Å². The van der Waals surface area contributed by atoms with Gasteiger partial charge in [0.1, 0.15) is 5.82 Å². The van der Waals surface area contributed by atoms with E-state index < -0.39 is 0 Å². The topological polar surface area (TPSA) is 17.0 Å². The molecule has 1 aromatic heterocycles. The molecule has 1 unspecified atom stereocenters. The smallest absolute Gasteiger partial charge is 0.123 e. The fourth-order valence-corrected chi connectivity index (χ4v) is 2.72. The second-order valence-corrected chi connectivity index (χ2v) is 5.44. The number of halogens is 1. The van der Waals surface area contributed by atoms with Gasteiger partial charge in [0.2, 0.25) is 0 Å². The SMILES string of the molecule is CC(NCc1cn(C)c2ccccc12)c1cccc(F)c1. The first kappa shape index (κ1) is 13.8. The Labute approximate surface area is 124 Å². The van der Waals surface area contributed by atoms with Crippen molar-refractivity contribution in [2.24, 2.45) is 7.05 Å². The van der Waals surface area contributed by atoms with Gasteiger partial charge in [-0.2, -0.15) is 0 Å². The van der Waals surface area contributed by atoms with Crippen LogP contribution in [-0.4, -0.2) is 4.57 Å². The van der Waals surface area contributed by atoms with Crippen molar-refractivity contribution < 1.29 is 4.39 Å². The summed E-state index contributed by atoms with van der Waals surface area (Å²) in [6.45, 7) is 2.82. The molecule has 1 atom stereocenters. The molecular formula is C18H19FN2. The van der Waals surface area contributed by atoms with E-state index in [4.69, 9.17) is 0 Å². The Bertz CT molecular complexity index is 761. The largest absolute Gasteiger partial charge is 0.350 e. The van der Waals surface area contributed by atoms with Gasteiger partial charge in [0.05, 0.1) is 0 Å². The van der Waals surface area contributed by atoms with Crippen LogP contribution in [0.3, 0.4) is 0 Å². The molecule has 2 aromatic carbocycles. The molecule has 0 radical (unpaired) electrons. The fourth-order valence-electron chi connectivity index (χ4n) is 2.72. The lowest BCUT2D eigenvalue weighted by Crippen LogP contribution is -2.18. The third kappa shape index (κ3) is 2.83. The molecule has 0 amide bonds. The van der Waals surface area contributed by atoms with Gasteiger partial charge < -0.3 is 9.88 Å². The molecule has 3 rings (SSSR count). The highest BCUT2D eigenvalue weighted by Crippen LogP contribution is 2.21. The molecule has 2 nitrogen and oxygen atoms in total. The molecule has 1 N–H and O–H groups in total. The number of para-hydroxylation sites is 1. The quantitative estimate of drug-likeness (QED) is 0.760. The standard InChI is InChI=1S/C18H19FN2/c1-13(14-6-5-7-16(19)10-14)20-11-15-12-21(2)18-9-4-3-8-17(15)18/h3-10,12-13,20H,11H2,1-2H3. The molecule has 1 heterocycles. The Morgan fingerprint density at radius 3 is 2.76 bits per heavy atom. The lowest BCUT2D eigenvalue weighted by atomic mass is 10.1. The summed E-state index contributed by atoms with van der Waals surface area (Å²) in [4.78, 5) is 0. The van der Waals surface area contributed by atoms with Gasteiger partial charge in [0.25, 0.3) is 0 Å². The zero-order chi connectivity index (χ0) is 14.8. The van der Waals surface area contributed by atoms with Crippen molar-refractivity contribution in [1.82, 2.24) is 9.88 Å². The number of aryl methyl sites for hydroxylation is 1. The Kier molecular flexibility index (Phi) is 3.76. The summed E-state index contributed by atoms with van der Waals surface area (Å²) in [5.74, 6) is -0.189. The van der Waals surface area contributed by atoms with E-state index in [1.165, 1.54) is 22.5 Å². The number of benzene rings is 2. The van der Waals surface area contributed by atoms with E-state index in [9.17, 15) is 4.39 Å². The summed E-state index contributed by atoms with van der Waals surface area (Å²) in [7, 11) is 2.06. The molecule has 21 heavy (non-hydrogen) atoms. The van der Waals surface area contributed by atoms with Crippen molar-refractivity contribution in [3.63, 3.8) is 0 Å². The van der Waals surface area contributed by atoms with Gasteiger partial charge in [-0.1, -0.05) is 30.3 Å². The van der Waals surface area contributed by atoms with Gasteiger partial charge in [-0.3, -0.25) is 0 Å². The average Bonchev–Trinajstić information content (AvgIpc) is 2.82. The predicted octanol–water partition coefficient (Wildman–Crippen LogP) is 4.17. The van der Waals surface area contributed by atoms with Gasteiger partial charge in [-0.15, -0.1) is 0 Å². The predicted molar refractivity (Wildman–Crippen MR) is 84.6 cm³/mol. The first-order chi connectivity index (χ1) is 10.1. The zero-order valence-electron chi connectivity index (χ0n) is 12.3. The van der Waals surface area contributed by atoms with E-state index in [1.54, 1.807) is 12.1 Å². The number of nitrogens with one attached hydrogen (secondary N) is 1. The van der Waals surface area contributed by atoms with Gasteiger partial charge in [-0.05, 0) is 36.2 Å². The second kappa shape index (κ2) is 5.70.